The first-order chi connectivity index (χ1) is 9.09. The van der Waals surface area contributed by atoms with Crippen molar-refractivity contribution in [2.45, 2.75) is 44.1 Å². The average Bonchev–Trinajstić information content (AvgIpc) is 2.59. The minimum absolute atomic E-state index is 0.198. The Labute approximate surface area is 111 Å². The van der Waals surface area contributed by atoms with E-state index in [1.165, 1.54) is 19.3 Å². The highest BCUT2D eigenvalue weighted by atomic mass is 16.2. The minimum Gasteiger partial charge on any atom is -0.342 e. The number of likely N-dealkylation sites (tertiary alicyclic amines) is 1. The number of carbonyl (C=O) groups is 3. The average molecular weight is 265 g/mol. The van der Waals surface area contributed by atoms with Gasteiger partial charge in [0.1, 0.15) is 5.54 Å². The van der Waals surface area contributed by atoms with Crippen molar-refractivity contribution in [2.24, 2.45) is 5.92 Å². The molecule has 0 atom stereocenters. The molecule has 1 saturated carbocycles. The number of nitrogens with zero attached hydrogens (tertiary/aromatic N) is 1. The maximum absolute atomic E-state index is 12.1. The molecule has 6 heteroatoms. The van der Waals surface area contributed by atoms with Gasteiger partial charge in [0.05, 0.1) is 0 Å². The molecule has 2 aliphatic heterocycles. The summed E-state index contributed by atoms with van der Waals surface area (Å²) in [6.07, 6.45) is 5.25. The Kier molecular flexibility index (Phi) is 2.95. The van der Waals surface area contributed by atoms with Gasteiger partial charge in [0.25, 0.3) is 5.91 Å². The van der Waals surface area contributed by atoms with Crippen molar-refractivity contribution in [3.05, 3.63) is 0 Å². The number of imide groups is 1. The first-order valence-electron chi connectivity index (χ1n) is 7.00. The van der Waals surface area contributed by atoms with E-state index in [-0.39, 0.29) is 11.8 Å². The van der Waals surface area contributed by atoms with Gasteiger partial charge in [-0.15, -0.1) is 0 Å². The van der Waals surface area contributed by atoms with Crippen molar-refractivity contribution in [2.75, 3.05) is 13.1 Å². The molecule has 104 valence electrons. The Morgan fingerprint density at radius 1 is 1.26 bits per heavy atom. The van der Waals surface area contributed by atoms with Gasteiger partial charge in [-0.2, -0.15) is 0 Å². The molecule has 1 aliphatic carbocycles. The van der Waals surface area contributed by atoms with Crippen molar-refractivity contribution in [1.82, 2.24) is 15.5 Å². The van der Waals surface area contributed by atoms with Crippen LogP contribution in [-0.4, -0.2) is 41.4 Å². The standard InChI is InChI=1S/C13H19N3O3/c17-10(8-9-2-1-3-9)16-6-4-13(5-7-16)11(18)14-12(19)15-13/h9H,1-8H2,(H2,14,15,18,19). The van der Waals surface area contributed by atoms with Crippen LogP contribution in [0.2, 0.25) is 0 Å². The molecule has 3 rings (SSSR count). The van der Waals surface area contributed by atoms with Gasteiger partial charge in [-0.1, -0.05) is 6.42 Å². The predicted molar refractivity (Wildman–Crippen MR) is 67.2 cm³/mol. The smallest absolute Gasteiger partial charge is 0.322 e. The molecular weight excluding hydrogens is 246 g/mol. The molecule has 0 bridgehead atoms. The zero-order chi connectivity index (χ0) is 13.5. The predicted octanol–water partition coefficient (Wildman–Crippen LogP) is 0.377. The number of piperidine rings is 1. The second-order valence-electron chi connectivity index (χ2n) is 5.87. The van der Waals surface area contributed by atoms with Crippen molar-refractivity contribution in [1.29, 1.82) is 0 Å². The van der Waals surface area contributed by atoms with E-state index in [1.54, 1.807) is 0 Å². The van der Waals surface area contributed by atoms with E-state index < -0.39 is 11.6 Å². The molecule has 0 aromatic heterocycles. The number of urea groups is 1. The third-order valence-corrected chi connectivity index (χ3v) is 4.67. The van der Waals surface area contributed by atoms with Gasteiger partial charge in [-0.05, 0) is 31.6 Å². The fourth-order valence-corrected chi connectivity index (χ4v) is 3.09. The molecule has 3 aliphatic rings. The summed E-state index contributed by atoms with van der Waals surface area (Å²) in [5.41, 5.74) is -0.773. The van der Waals surface area contributed by atoms with Crippen molar-refractivity contribution < 1.29 is 14.4 Å². The molecule has 19 heavy (non-hydrogen) atoms. The largest absolute Gasteiger partial charge is 0.342 e. The van der Waals surface area contributed by atoms with Crippen LogP contribution >= 0.6 is 0 Å². The number of nitrogens with one attached hydrogen (secondary N) is 2. The first-order valence-corrected chi connectivity index (χ1v) is 7.00. The zero-order valence-electron chi connectivity index (χ0n) is 10.9. The summed E-state index contributed by atoms with van der Waals surface area (Å²) >= 11 is 0. The Morgan fingerprint density at radius 3 is 2.42 bits per heavy atom. The van der Waals surface area contributed by atoms with Crippen LogP contribution in [0.15, 0.2) is 0 Å². The van der Waals surface area contributed by atoms with Crippen molar-refractivity contribution in [3.63, 3.8) is 0 Å². The minimum atomic E-state index is -0.773. The molecule has 2 heterocycles. The van der Waals surface area contributed by atoms with Gasteiger partial charge in [0.2, 0.25) is 5.91 Å². The van der Waals surface area contributed by atoms with Crippen molar-refractivity contribution >= 4 is 17.8 Å². The third-order valence-electron chi connectivity index (χ3n) is 4.67. The Morgan fingerprint density at radius 2 is 1.95 bits per heavy atom. The van der Waals surface area contributed by atoms with E-state index in [2.05, 4.69) is 10.6 Å². The molecule has 0 radical (unpaired) electrons. The number of hydrogen-bond donors (Lipinski definition) is 2. The molecule has 2 N–H and O–H groups in total. The van der Waals surface area contributed by atoms with Crippen LogP contribution in [0, 0.1) is 5.92 Å². The summed E-state index contributed by atoms with van der Waals surface area (Å²) in [7, 11) is 0. The van der Waals surface area contributed by atoms with Gasteiger partial charge in [0.15, 0.2) is 0 Å². The second kappa shape index (κ2) is 4.51. The summed E-state index contributed by atoms with van der Waals surface area (Å²) < 4.78 is 0. The van der Waals surface area contributed by atoms with Crippen LogP contribution in [0.25, 0.3) is 0 Å². The molecule has 0 aromatic rings. The summed E-state index contributed by atoms with van der Waals surface area (Å²) in [6.45, 7) is 1.11. The second-order valence-corrected chi connectivity index (χ2v) is 5.87. The molecule has 2 saturated heterocycles. The van der Waals surface area contributed by atoms with Crippen LogP contribution in [0.4, 0.5) is 4.79 Å². The summed E-state index contributed by atoms with van der Waals surface area (Å²) in [5.74, 6) is 0.519. The molecule has 4 amide bonds. The number of rotatable bonds is 2. The SMILES string of the molecule is O=C1NC(=O)C2(CCN(C(=O)CC3CCC3)CC2)N1. The van der Waals surface area contributed by atoms with E-state index in [4.69, 9.17) is 0 Å². The molecular formula is C13H19N3O3. The van der Waals surface area contributed by atoms with Crippen LogP contribution in [0.5, 0.6) is 0 Å². The Balaban J connectivity index is 1.55. The lowest BCUT2D eigenvalue weighted by Gasteiger charge is -2.38. The lowest BCUT2D eigenvalue weighted by Crippen LogP contribution is -2.55. The van der Waals surface area contributed by atoms with Crippen LogP contribution in [0.1, 0.15) is 38.5 Å². The highest BCUT2D eigenvalue weighted by Crippen LogP contribution is 2.31. The highest BCUT2D eigenvalue weighted by Gasteiger charge is 2.48. The molecule has 1 spiro atoms. The monoisotopic (exact) mass is 265 g/mol. The van der Waals surface area contributed by atoms with Crippen LogP contribution < -0.4 is 10.6 Å². The van der Waals surface area contributed by atoms with Gasteiger partial charge >= 0.3 is 6.03 Å². The molecule has 6 nitrogen and oxygen atoms in total. The van der Waals surface area contributed by atoms with Gasteiger partial charge in [-0.3, -0.25) is 14.9 Å². The van der Waals surface area contributed by atoms with Crippen LogP contribution in [0.3, 0.4) is 0 Å². The zero-order valence-corrected chi connectivity index (χ0v) is 10.9. The maximum atomic E-state index is 12.1. The summed E-state index contributed by atoms with van der Waals surface area (Å²) in [5, 5.41) is 4.98. The van der Waals surface area contributed by atoms with Gasteiger partial charge in [0, 0.05) is 19.5 Å². The van der Waals surface area contributed by atoms with E-state index in [9.17, 15) is 14.4 Å². The fraction of sp³-hybridized carbons (Fsp3) is 0.769. The molecule has 0 unspecified atom stereocenters. The Bertz CT molecular complexity index is 423. The number of carbonyl (C=O) groups excluding carboxylic acids is 3. The quantitative estimate of drug-likeness (QED) is 0.708. The number of amides is 4. The van der Waals surface area contributed by atoms with Gasteiger partial charge < -0.3 is 10.2 Å². The van der Waals surface area contributed by atoms with Gasteiger partial charge in [-0.25, -0.2) is 4.79 Å². The first kappa shape index (κ1) is 12.4. The normalized spacial score (nSPS) is 26.0. The lowest BCUT2D eigenvalue weighted by atomic mass is 9.82. The number of hydrogen-bond acceptors (Lipinski definition) is 3. The van der Waals surface area contributed by atoms with E-state index in [0.29, 0.717) is 38.3 Å². The fourth-order valence-electron chi connectivity index (χ4n) is 3.09. The van der Waals surface area contributed by atoms with E-state index in [1.807, 2.05) is 4.90 Å². The maximum Gasteiger partial charge on any atom is 0.322 e. The Hall–Kier alpha value is -1.59. The van der Waals surface area contributed by atoms with Crippen LogP contribution in [-0.2, 0) is 9.59 Å². The lowest BCUT2D eigenvalue weighted by molar-refractivity contribution is -0.137. The third kappa shape index (κ3) is 2.19. The highest BCUT2D eigenvalue weighted by molar-refractivity contribution is 6.07. The topological polar surface area (TPSA) is 78.5 Å². The van der Waals surface area contributed by atoms with Crippen molar-refractivity contribution in [3.8, 4) is 0 Å². The van der Waals surface area contributed by atoms with E-state index in [0.717, 1.165) is 0 Å². The summed E-state index contributed by atoms with van der Waals surface area (Å²) in [6, 6.07) is -0.417. The molecule has 0 aromatic carbocycles. The molecule has 3 fully saturated rings. The summed E-state index contributed by atoms with van der Waals surface area (Å²) in [4.78, 5) is 36.9. The van der Waals surface area contributed by atoms with E-state index >= 15 is 0 Å².